The summed E-state index contributed by atoms with van der Waals surface area (Å²) in [5.74, 6) is 0.744. The van der Waals surface area contributed by atoms with Gasteiger partial charge in [0.25, 0.3) is 0 Å². The van der Waals surface area contributed by atoms with E-state index in [1.165, 1.54) is 0 Å². The van der Waals surface area contributed by atoms with Crippen LogP contribution in [0.5, 0.6) is 5.75 Å². The predicted octanol–water partition coefficient (Wildman–Crippen LogP) is 4.24. The highest BCUT2D eigenvalue weighted by atomic mass is 79.9. The lowest BCUT2D eigenvalue weighted by Gasteiger charge is -2.14. The average Bonchev–Trinajstić information content (AvgIpc) is 2.86. The van der Waals surface area contributed by atoms with E-state index in [1.54, 1.807) is 11.3 Å². The molecule has 108 valence electrons. The summed E-state index contributed by atoms with van der Waals surface area (Å²) in [6, 6.07) is 5.81. The number of aliphatic hydroxyl groups excluding tert-OH is 1. The van der Waals surface area contributed by atoms with Gasteiger partial charge in [0.2, 0.25) is 0 Å². The lowest BCUT2D eigenvalue weighted by atomic mass is 9.98. The van der Waals surface area contributed by atoms with Crippen molar-refractivity contribution in [1.29, 1.82) is 0 Å². The Morgan fingerprint density at radius 2 is 2.10 bits per heavy atom. The normalized spacial score (nSPS) is 11.7. The largest absolute Gasteiger partial charge is 0.490 e. The van der Waals surface area contributed by atoms with Gasteiger partial charge in [0.1, 0.15) is 12.4 Å². The van der Waals surface area contributed by atoms with Crippen molar-refractivity contribution in [3.63, 3.8) is 0 Å². The monoisotopic (exact) mass is 355 g/mol. The molecule has 0 atom stereocenters. The first-order valence-corrected chi connectivity index (χ1v) is 8.08. The lowest BCUT2D eigenvalue weighted by molar-refractivity contribution is 0.202. The van der Waals surface area contributed by atoms with Crippen LogP contribution in [0.1, 0.15) is 25.8 Å². The fourth-order valence-corrected chi connectivity index (χ4v) is 2.99. The van der Waals surface area contributed by atoms with Gasteiger partial charge in [0.05, 0.1) is 17.3 Å². The van der Waals surface area contributed by atoms with Gasteiger partial charge in [-0.2, -0.15) is 0 Å². The van der Waals surface area contributed by atoms with Crippen molar-refractivity contribution in [2.45, 2.75) is 26.2 Å². The molecule has 0 aliphatic rings. The van der Waals surface area contributed by atoms with Gasteiger partial charge in [-0.1, -0.05) is 36.7 Å². The Bertz CT molecular complexity index is 590. The van der Waals surface area contributed by atoms with Crippen molar-refractivity contribution < 1.29 is 9.84 Å². The number of aliphatic hydroxyl groups is 1. The highest BCUT2D eigenvalue weighted by Gasteiger charge is 2.19. The molecule has 0 amide bonds. The van der Waals surface area contributed by atoms with Gasteiger partial charge in [-0.05, 0) is 18.2 Å². The molecule has 1 aromatic carbocycles. The number of thiazole rings is 1. The third-order valence-corrected chi connectivity index (χ3v) is 4.47. The number of halogens is 1. The zero-order chi connectivity index (χ0) is 14.8. The first kappa shape index (κ1) is 15.5. The van der Waals surface area contributed by atoms with Crippen LogP contribution in [0.15, 0.2) is 28.1 Å². The van der Waals surface area contributed by atoms with Crippen LogP contribution in [0, 0.1) is 0 Å². The van der Waals surface area contributed by atoms with E-state index >= 15 is 0 Å². The Balaban J connectivity index is 2.40. The summed E-state index contributed by atoms with van der Waals surface area (Å²) >= 11 is 5.14. The van der Waals surface area contributed by atoms with Crippen molar-refractivity contribution in [1.82, 2.24) is 4.98 Å². The summed E-state index contributed by atoms with van der Waals surface area (Å²) in [4.78, 5) is 4.72. The summed E-state index contributed by atoms with van der Waals surface area (Å²) in [6.45, 7) is 6.74. The van der Waals surface area contributed by atoms with Gasteiger partial charge < -0.3 is 9.84 Å². The zero-order valence-electron chi connectivity index (χ0n) is 11.8. The summed E-state index contributed by atoms with van der Waals surface area (Å²) in [6.07, 6.45) is 0. The van der Waals surface area contributed by atoms with Crippen LogP contribution in [0.4, 0.5) is 0 Å². The van der Waals surface area contributed by atoms with E-state index in [9.17, 15) is 0 Å². The Morgan fingerprint density at radius 1 is 1.35 bits per heavy atom. The smallest absolute Gasteiger partial charge is 0.128 e. The van der Waals surface area contributed by atoms with Crippen LogP contribution in [0.2, 0.25) is 0 Å². The molecule has 5 heteroatoms. The van der Waals surface area contributed by atoms with Crippen LogP contribution in [0.3, 0.4) is 0 Å². The van der Waals surface area contributed by atoms with Crippen molar-refractivity contribution >= 4 is 27.3 Å². The maximum atomic E-state index is 8.91. The number of ether oxygens (including phenoxy) is 1. The Kier molecular flexibility index (Phi) is 4.83. The molecule has 0 aliphatic heterocycles. The molecule has 0 saturated carbocycles. The quantitative estimate of drug-likeness (QED) is 0.891. The molecule has 0 saturated heterocycles. The van der Waals surface area contributed by atoms with Crippen LogP contribution >= 0.6 is 27.3 Å². The van der Waals surface area contributed by atoms with Gasteiger partial charge in [0, 0.05) is 20.8 Å². The lowest BCUT2D eigenvalue weighted by Crippen LogP contribution is -2.10. The molecule has 0 spiro atoms. The molecule has 0 fully saturated rings. The van der Waals surface area contributed by atoms with E-state index in [1.807, 2.05) is 23.6 Å². The third kappa shape index (κ3) is 3.59. The topological polar surface area (TPSA) is 42.4 Å². The highest BCUT2D eigenvalue weighted by Crippen LogP contribution is 2.35. The minimum atomic E-state index is -0.000188. The SMILES string of the molecule is CC(C)(C)c1nc(-c2cc(Br)ccc2OCCO)cs1. The highest BCUT2D eigenvalue weighted by molar-refractivity contribution is 9.10. The summed E-state index contributed by atoms with van der Waals surface area (Å²) in [5, 5.41) is 12.1. The van der Waals surface area contributed by atoms with Gasteiger partial charge in [0.15, 0.2) is 0 Å². The fraction of sp³-hybridized carbons (Fsp3) is 0.400. The number of aromatic nitrogens is 1. The van der Waals surface area contributed by atoms with Crippen molar-refractivity contribution in [3.05, 3.63) is 33.1 Å². The van der Waals surface area contributed by atoms with E-state index in [2.05, 4.69) is 36.7 Å². The molecule has 20 heavy (non-hydrogen) atoms. The van der Waals surface area contributed by atoms with Crippen LogP contribution < -0.4 is 4.74 Å². The van der Waals surface area contributed by atoms with Crippen molar-refractivity contribution in [2.75, 3.05) is 13.2 Å². The Morgan fingerprint density at radius 3 is 2.70 bits per heavy atom. The molecule has 3 nitrogen and oxygen atoms in total. The molecule has 2 rings (SSSR count). The van der Waals surface area contributed by atoms with Gasteiger partial charge in [-0.3, -0.25) is 0 Å². The molecule has 0 radical (unpaired) electrons. The van der Waals surface area contributed by atoms with Gasteiger partial charge >= 0.3 is 0 Å². The molecular formula is C15H18BrNO2S. The van der Waals surface area contributed by atoms with Crippen LogP contribution in [0.25, 0.3) is 11.3 Å². The molecule has 1 N–H and O–H groups in total. The molecule has 1 heterocycles. The molecular weight excluding hydrogens is 338 g/mol. The standard InChI is InChI=1S/C15H18BrNO2S/c1-15(2,3)14-17-12(9-20-14)11-8-10(16)4-5-13(11)19-7-6-18/h4-5,8-9,18H,6-7H2,1-3H3. The second-order valence-electron chi connectivity index (χ2n) is 5.50. The first-order chi connectivity index (χ1) is 9.41. The van der Waals surface area contributed by atoms with Crippen molar-refractivity contribution in [3.8, 4) is 17.0 Å². The fourth-order valence-electron chi connectivity index (χ4n) is 1.73. The van der Waals surface area contributed by atoms with Gasteiger partial charge in [-0.25, -0.2) is 4.98 Å². The number of rotatable bonds is 4. The van der Waals surface area contributed by atoms with E-state index in [-0.39, 0.29) is 18.6 Å². The average molecular weight is 356 g/mol. The zero-order valence-corrected chi connectivity index (χ0v) is 14.2. The minimum Gasteiger partial charge on any atom is -0.490 e. The maximum Gasteiger partial charge on any atom is 0.128 e. The van der Waals surface area contributed by atoms with Gasteiger partial charge in [-0.15, -0.1) is 11.3 Å². The van der Waals surface area contributed by atoms with E-state index < -0.39 is 0 Å². The minimum absolute atomic E-state index is 0.000188. The van der Waals surface area contributed by atoms with E-state index in [0.29, 0.717) is 0 Å². The third-order valence-electron chi connectivity index (χ3n) is 2.71. The maximum absolute atomic E-state index is 8.91. The molecule has 2 aromatic rings. The number of hydrogen-bond acceptors (Lipinski definition) is 4. The second kappa shape index (κ2) is 6.24. The second-order valence-corrected chi connectivity index (χ2v) is 7.27. The van der Waals surface area contributed by atoms with Crippen LogP contribution in [-0.2, 0) is 5.41 Å². The predicted molar refractivity (Wildman–Crippen MR) is 86.5 cm³/mol. The first-order valence-electron chi connectivity index (χ1n) is 6.41. The summed E-state index contributed by atoms with van der Waals surface area (Å²) in [7, 11) is 0. The summed E-state index contributed by atoms with van der Waals surface area (Å²) < 4.78 is 6.57. The number of nitrogens with zero attached hydrogens (tertiary/aromatic N) is 1. The number of benzene rings is 1. The number of hydrogen-bond donors (Lipinski definition) is 1. The van der Waals surface area contributed by atoms with E-state index in [4.69, 9.17) is 14.8 Å². The Labute approximate surface area is 131 Å². The molecule has 0 bridgehead atoms. The van der Waals surface area contributed by atoms with Crippen LogP contribution in [-0.4, -0.2) is 23.3 Å². The molecule has 0 unspecified atom stereocenters. The summed E-state index contributed by atoms with van der Waals surface area (Å²) in [5.41, 5.74) is 1.90. The molecule has 0 aliphatic carbocycles. The molecule has 1 aromatic heterocycles. The van der Waals surface area contributed by atoms with E-state index in [0.717, 1.165) is 26.5 Å². The Hall–Kier alpha value is -0.910. The van der Waals surface area contributed by atoms with Crippen molar-refractivity contribution in [2.24, 2.45) is 0 Å².